The summed E-state index contributed by atoms with van der Waals surface area (Å²) in [6.45, 7) is 2.72. The van der Waals surface area contributed by atoms with Crippen LogP contribution in [0.15, 0.2) is 48.5 Å². The van der Waals surface area contributed by atoms with Crippen molar-refractivity contribution in [3.63, 3.8) is 0 Å². The summed E-state index contributed by atoms with van der Waals surface area (Å²) in [5, 5.41) is 7.17. The predicted molar refractivity (Wildman–Crippen MR) is 97.4 cm³/mol. The highest BCUT2D eigenvalue weighted by Crippen LogP contribution is 2.37. The Hall–Kier alpha value is -2.04. The Morgan fingerprint density at radius 1 is 1.04 bits per heavy atom. The quantitative estimate of drug-likeness (QED) is 0.874. The summed E-state index contributed by atoms with van der Waals surface area (Å²) in [5.41, 5.74) is 2.51. The first-order chi connectivity index (χ1) is 11.6. The molecular weight excluding hydrogens is 322 g/mol. The molecule has 2 N–H and O–H groups in total. The van der Waals surface area contributed by atoms with Crippen molar-refractivity contribution in [2.75, 3.05) is 23.7 Å². The van der Waals surface area contributed by atoms with Gasteiger partial charge >= 0.3 is 0 Å². The fraction of sp³-hybridized carbons (Fsp3) is 0.316. The number of piperidine rings is 1. The second-order valence-electron chi connectivity index (χ2n) is 6.61. The second-order valence-corrected chi connectivity index (χ2v) is 7.05. The first kappa shape index (κ1) is 15.5. The van der Waals surface area contributed by atoms with Crippen LogP contribution in [0.3, 0.4) is 0 Å². The minimum atomic E-state index is -0.523. The van der Waals surface area contributed by atoms with E-state index in [0.29, 0.717) is 5.02 Å². The van der Waals surface area contributed by atoms with E-state index in [9.17, 15) is 4.79 Å². The Labute approximate surface area is 146 Å². The maximum atomic E-state index is 12.7. The van der Waals surface area contributed by atoms with E-state index in [1.165, 1.54) is 5.56 Å². The van der Waals surface area contributed by atoms with Gasteiger partial charge in [-0.1, -0.05) is 41.9 Å². The minimum Gasteiger partial charge on any atom is -0.369 e. The van der Waals surface area contributed by atoms with Crippen molar-refractivity contribution in [2.24, 2.45) is 0 Å². The standard InChI is InChI=1S/C19H20ClN3O/c20-15-6-7-16-17(12-15)22-19(18(24)21-16)8-10-23(11-9-19)13-14-4-2-1-3-5-14/h1-7,12,22H,8-11,13H2,(H,21,24). The Balaban J connectivity index is 1.47. The average Bonchev–Trinajstić information content (AvgIpc) is 2.59. The van der Waals surface area contributed by atoms with E-state index in [4.69, 9.17) is 11.6 Å². The fourth-order valence-corrected chi connectivity index (χ4v) is 3.74. The van der Waals surface area contributed by atoms with E-state index < -0.39 is 5.54 Å². The Kier molecular flexibility index (Phi) is 3.94. The third-order valence-electron chi connectivity index (χ3n) is 5.00. The Morgan fingerprint density at radius 3 is 2.54 bits per heavy atom. The topological polar surface area (TPSA) is 44.4 Å². The zero-order chi connectivity index (χ0) is 16.6. The highest BCUT2D eigenvalue weighted by molar-refractivity contribution is 6.31. The minimum absolute atomic E-state index is 0.0664. The third-order valence-corrected chi connectivity index (χ3v) is 5.23. The molecule has 1 amide bonds. The number of nitrogens with zero attached hydrogens (tertiary/aromatic N) is 1. The molecule has 2 aromatic rings. The lowest BCUT2D eigenvalue weighted by Gasteiger charge is -2.44. The number of anilines is 2. The van der Waals surface area contributed by atoms with Gasteiger partial charge in [0.05, 0.1) is 11.4 Å². The lowest BCUT2D eigenvalue weighted by atomic mass is 9.84. The maximum Gasteiger partial charge on any atom is 0.250 e. The van der Waals surface area contributed by atoms with Crippen LogP contribution in [0.25, 0.3) is 0 Å². The van der Waals surface area contributed by atoms with Crippen LogP contribution in [0, 0.1) is 0 Å². The zero-order valence-electron chi connectivity index (χ0n) is 13.4. The first-order valence-corrected chi connectivity index (χ1v) is 8.68. The predicted octanol–water partition coefficient (Wildman–Crippen LogP) is 3.74. The van der Waals surface area contributed by atoms with Crippen LogP contribution >= 0.6 is 11.6 Å². The Morgan fingerprint density at radius 2 is 1.79 bits per heavy atom. The van der Waals surface area contributed by atoms with Crippen LogP contribution in [0.5, 0.6) is 0 Å². The summed E-state index contributed by atoms with van der Waals surface area (Å²) in [4.78, 5) is 15.1. The third kappa shape index (κ3) is 2.87. The van der Waals surface area contributed by atoms with E-state index in [2.05, 4.69) is 39.8 Å². The first-order valence-electron chi connectivity index (χ1n) is 8.30. The van der Waals surface area contributed by atoms with Gasteiger partial charge in [0, 0.05) is 24.7 Å². The van der Waals surface area contributed by atoms with Gasteiger partial charge in [0.2, 0.25) is 5.91 Å². The van der Waals surface area contributed by atoms with Crippen LogP contribution in [-0.4, -0.2) is 29.4 Å². The van der Waals surface area contributed by atoms with Crippen molar-refractivity contribution in [1.29, 1.82) is 0 Å². The number of amides is 1. The molecule has 0 saturated carbocycles. The number of likely N-dealkylation sites (tertiary alicyclic amines) is 1. The van der Waals surface area contributed by atoms with Gasteiger partial charge in [-0.3, -0.25) is 9.69 Å². The van der Waals surface area contributed by atoms with E-state index in [1.807, 2.05) is 18.2 Å². The molecule has 4 rings (SSSR count). The van der Waals surface area contributed by atoms with Gasteiger partial charge < -0.3 is 10.6 Å². The number of hydrogen-bond acceptors (Lipinski definition) is 3. The number of carbonyl (C=O) groups is 1. The van der Waals surface area contributed by atoms with Gasteiger partial charge in [0.1, 0.15) is 5.54 Å². The summed E-state index contributed by atoms with van der Waals surface area (Å²) in [6, 6.07) is 16.0. The molecule has 1 spiro atoms. The van der Waals surface area contributed by atoms with E-state index in [0.717, 1.165) is 43.9 Å². The smallest absolute Gasteiger partial charge is 0.250 e. The van der Waals surface area contributed by atoms with Gasteiger partial charge in [0.25, 0.3) is 0 Å². The summed E-state index contributed by atoms with van der Waals surface area (Å²) < 4.78 is 0. The van der Waals surface area contributed by atoms with Crippen LogP contribution < -0.4 is 10.6 Å². The van der Waals surface area contributed by atoms with E-state index in [-0.39, 0.29) is 5.91 Å². The molecule has 0 radical (unpaired) electrons. The molecule has 2 aliphatic rings. The number of benzene rings is 2. The number of fused-ring (bicyclic) bond motifs is 1. The monoisotopic (exact) mass is 341 g/mol. The molecule has 1 saturated heterocycles. The normalized spacial score (nSPS) is 19.5. The molecule has 5 heteroatoms. The van der Waals surface area contributed by atoms with Gasteiger partial charge in [0.15, 0.2) is 0 Å². The van der Waals surface area contributed by atoms with E-state index >= 15 is 0 Å². The number of halogens is 1. The number of hydrogen-bond donors (Lipinski definition) is 2. The van der Waals surface area contributed by atoms with Crippen molar-refractivity contribution in [3.05, 3.63) is 59.1 Å². The highest BCUT2D eigenvalue weighted by Gasteiger charge is 2.44. The largest absolute Gasteiger partial charge is 0.369 e. The average molecular weight is 342 g/mol. The summed E-state index contributed by atoms with van der Waals surface area (Å²) in [7, 11) is 0. The van der Waals surface area contributed by atoms with Crippen molar-refractivity contribution in [1.82, 2.24) is 4.90 Å². The van der Waals surface area contributed by atoms with Crippen LogP contribution in [0.4, 0.5) is 11.4 Å². The number of nitrogens with one attached hydrogen (secondary N) is 2. The summed E-state index contributed by atoms with van der Waals surface area (Å²) >= 11 is 6.09. The van der Waals surface area contributed by atoms with Crippen LogP contribution in [0.2, 0.25) is 5.02 Å². The van der Waals surface area contributed by atoms with Crippen LogP contribution in [0.1, 0.15) is 18.4 Å². The molecule has 0 aliphatic carbocycles. The van der Waals surface area contributed by atoms with E-state index in [1.54, 1.807) is 6.07 Å². The summed E-state index contributed by atoms with van der Waals surface area (Å²) in [5.74, 6) is 0.0664. The lowest BCUT2D eigenvalue weighted by Crippen LogP contribution is -2.58. The SMILES string of the molecule is O=C1Nc2ccc(Cl)cc2NC12CCN(Cc1ccccc1)CC2. The lowest BCUT2D eigenvalue weighted by molar-refractivity contribution is -0.122. The molecule has 24 heavy (non-hydrogen) atoms. The van der Waals surface area contributed by atoms with Gasteiger partial charge in [-0.05, 0) is 36.6 Å². The molecule has 2 aromatic carbocycles. The molecule has 0 bridgehead atoms. The highest BCUT2D eigenvalue weighted by atomic mass is 35.5. The molecule has 2 heterocycles. The molecular formula is C19H20ClN3O. The molecule has 124 valence electrons. The van der Waals surface area contributed by atoms with Crippen LogP contribution in [-0.2, 0) is 11.3 Å². The van der Waals surface area contributed by atoms with Crippen molar-refractivity contribution >= 4 is 28.9 Å². The molecule has 1 fully saturated rings. The fourth-order valence-electron chi connectivity index (χ4n) is 3.57. The van der Waals surface area contributed by atoms with Crippen molar-refractivity contribution in [2.45, 2.75) is 24.9 Å². The molecule has 0 atom stereocenters. The van der Waals surface area contributed by atoms with Gasteiger partial charge in [-0.2, -0.15) is 0 Å². The zero-order valence-corrected chi connectivity index (χ0v) is 14.1. The molecule has 4 nitrogen and oxygen atoms in total. The Bertz CT molecular complexity index is 754. The molecule has 2 aliphatic heterocycles. The van der Waals surface area contributed by atoms with Crippen molar-refractivity contribution < 1.29 is 4.79 Å². The van der Waals surface area contributed by atoms with Crippen molar-refractivity contribution in [3.8, 4) is 0 Å². The maximum absolute atomic E-state index is 12.7. The second kappa shape index (κ2) is 6.11. The van der Waals surface area contributed by atoms with Gasteiger partial charge in [-0.25, -0.2) is 0 Å². The van der Waals surface area contributed by atoms with Gasteiger partial charge in [-0.15, -0.1) is 0 Å². The molecule has 0 aromatic heterocycles. The summed E-state index contributed by atoms with van der Waals surface area (Å²) in [6.07, 6.45) is 1.58. The number of carbonyl (C=O) groups excluding carboxylic acids is 1. The molecule has 0 unspecified atom stereocenters. The number of rotatable bonds is 2.